The lowest BCUT2D eigenvalue weighted by Crippen LogP contribution is -2.11. The first-order chi connectivity index (χ1) is 11.4. The SMILES string of the molecule is B(Oc1cncc2ccccc12)Oc1cncc2ccccc12. The zero-order chi connectivity index (χ0) is 15.5. The van der Waals surface area contributed by atoms with Crippen LogP contribution in [-0.2, 0) is 0 Å². The number of rotatable bonds is 4. The fourth-order valence-electron chi connectivity index (χ4n) is 2.56. The molecule has 2 aromatic heterocycles. The molecule has 0 unspecified atom stereocenters. The molecule has 0 bridgehead atoms. The van der Waals surface area contributed by atoms with Crippen LogP contribution in [-0.4, -0.2) is 17.7 Å². The Morgan fingerprint density at radius 2 is 1.09 bits per heavy atom. The normalized spacial score (nSPS) is 10.6. The van der Waals surface area contributed by atoms with Crippen LogP contribution in [0, 0.1) is 0 Å². The second-order valence-electron chi connectivity index (χ2n) is 5.12. The number of hydrogen-bond acceptors (Lipinski definition) is 4. The van der Waals surface area contributed by atoms with Gasteiger partial charge in [-0.2, -0.15) is 0 Å². The van der Waals surface area contributed by atoms with E-state index in [0.717, 1.165) is 21.5 Å². The third kappa shape index (κ3) is 2.69. The van der Waals surface area contributed by atoms with Crippen molar-refractivity contribution >= 4 is 29.2 Å². The fourth-order valence-corrected chi connectivity index (χ4v) is 2.56. The summed E-state index contributed by atoms with van der Waals surface area (Å²) in [5.74, 6) is 1.41. The molecule has 5 heteroatoms. The van der Waals surface area contributed by atoms with Gasteiger partial charge in [0, 0.05) is 33.9 Å². The van der Waals surface area contributed by atoms with Crippen molar-refractivity contribution in [2.45, 2.75) is 0 Å². The summed E-state index contributed by atoms with van der Waals surface area (Å²) in [7, 11) is 0.103. The molecule has 0 fully saturated rings. The first-order valence-electron chi connectivity index (χ1n) is 7.33. The Hall–Kier alpha value is -3.08. The minimum Gasteiger partial charge on any atom is -0.527 e. The molecule has 0 atom stereocenters. The van der Waals surface area contributed by atoms with Gasteiger partial charge in [-0.05, 0) is 0 Å². The summed E-state index contributed by atoms with van der Waals surface area (Å²) in [6.07, 6.45) is 7.04. The van der Waals surface area contributed by atoms with Crippen molar-refractivity contribution in [2.24, 2.45) is 0 Å². The van der Waals surface area contributed by atoms with Gasteiger partial charge in [0.15, 0.2) is 0 Å². The van der Waals surface area contributed by atoms with Crippen LogP contribution in [0.2, 0.25) is 0 Å². The Labute approximate surface area is 134 Å². The molecule has 0 amide bonds. The Kier molecular flexibility index (Phi) is 3.52. The molecule has 0 N–H and O–H groups in total. The largest absolute Gasteiger partial charge is 0.576 e. The number of pyridine rings is 2. The molecule has 4 nitrogen and oxygen atoms in total. The van der Waals surface area contributed by atoms with E-state index in [-0.39, 0.29) is 7.69 Å². The van der Waals surface area contributed by atoms with Gasteiger partial charge in [-0.3, -0.25) is 9.97 Å². The minimum absolute atomic E-state index is 0.103. The topological polar surface area (TPSA) is 44.2 Å². The average Bonchev–Trinajstić information content (AvgIpc) is 2.62. The number of aromatic nitrogens is 2. The highest BCUT2D eigenvalue weighted by molar-refractivity contribution is 6.22. The summed E-state index contributed by atoms with van der Waals surface area (Å²) >= 11 is 0. The van der Waals surface area contributed by atoms with Crippen molar-refractivity contribution in [1.82, 2.24) is 9.97 Å². The smallest absolute Gasteiger partial charge is 0.527 e. The first kappa shape index (κ1) is 13.6. The average molecular weight is 300 g/mol. The van der Waals surface area contributed by atoms with E-state index in [1.165, 1.54) is 0 Å². The quantitative estimate of drug-likeness (QED) is 0.541. The Morgan fingerprint density at radius 1 is 0.609 bits per heavy atom. The van der Waals surface area contributed by atoms with E-state index in [1.54, 1.807) is 12.4 Å². The highest BCUT2D eigenvalue weighted by Gasteiger charge is 2.07. The van der Waals surface area contributed by atoms with E-state index in [2.05, 4.69) is 9.97 Å². The van der Waals surface area contributed by atoms with Gasteiger partial charge in [0.05, 0.1) is 12.4 Å². The van der Waals surface area contributed by atoms with Gasteiger partial charge in [-0.15, -0.1) is 0 Å². The molecular weight excluding hydrogens is 287 g/mol. The van der Waals surface area contributed by atoms with Gasteiger partial charge >= 0.3 is 7.69 Å². The molecule has 110 valence electrons. The lowest BCUT2D eigenvalue weighted by molar-refractivity contribution is 0.462. The third-order valence-corrected chi connectivity index (χ3v) is 3.69. The Morgan fingerprint density at radius 3 is 1.61 bits per heavy atom. The van der Waals surface area contributed by atoms with Crippen LogP contribution in [0.4, 0.5) is 0 Å². The number of hydrogen-bond donors (Lipinski definition) is 0. The van der Waals surface area contributed by atoms with Gasteiger partial charge in [0.1, 0.15) is 11.5 Å². The molecule has 0 radical (unpaired) electrons. The van der Waals surface area contributed by atoms with Crippen LogP contribution >= 0.6 is 0 Å². The highest BCUT2D eigenvalue weighted by atomic mass is 16.6. The number of fused-ring (bicyclic) bond motifs is 2. The first-order valence-corrected chi connectivity index (χ1v) is 7.33. The molecular formula is C18H13BN2O2. The molecule has 0 spiro atoms. The van der Waals surface area contributed by atoms with Crippen LogP contribution in [0.15, 0.2) is 73.3 Å². The van der Waals surface area contributed by atoms with Gasteiger partial charge in [0.2, 0.25) is 0 Å². The second-order valence-corrected chi connectivity index (χ2v) is 5.12. The van der Waals surface area contributed by atoms with E-state index in [1.807, 2.05) is 60.9 Å². The molecule has 0 aliphatic carbocycles. The van der Waals surface area contributed by atoms with Gasteiger partial charge in [-0.1, -0.05) is 48.5 Å². The Balaban J connectivity index is 1.55. The van der Waals surface area contributed by atoms with Gasteiger partial charge < -0.3 is 9.31 Å². The molecule has 23 heavy (non-hydrogen) atoms. The zero-order valence-corrected chi connectivity index (χ0v) is 12.3. The maximum Gasteiger partial charge on any atom is 0.576 e. The van der Waals surface area contributed by atoms with Crippen molar-refractivity contribution < 1.29 is 9.31 Å². The Bertz CT molecular complexity index is 885. The van der Waals surface area contributed by atoms with Crippen LogP contribution in [0.1, 0.15) is 0 Å². The summed E-state index contributed by atoms with van der Waals surface area (Å²) in [4.78, 5) is 8.39. The van der Waals surface area contributed by atoms with Gasteiger partial charge in [0.25, 0.3) is 0 Å². The van der Waals surface area contributed by atoms with E-state index in [0.29, 0.717) is 11.5 Å². The maximum absolute atomic E-state index is 5.76. The van der Waals surface area contributed by atoms with Crippen molar-refractivity contribution in [1.29, 1.82) is 0 Å². The summed E-state index contributed by atoms with van der Waals surface area (Å²) < 4.78 is 11.5. The number of nitrogens with zero attached hydrogens (tertiary/aromatic N) is 2. The monoisotopic (exact) mass is 300 g/mol. The van der Waals surface area contributed by atoms with E-state index < -0.39 is 0 Å². The zero-order valence-electron chi connectivity index (χ0n) is 12.3. The molecule has 2 heterocycles. The lowest BCUT2D eigenvalue weighted by atomic mass is 10.1. The predicted molar refractivity (Wildman–Crippen MR) is 91.9 cm³/mol. The second kappa shape index (κ2) is 5.97. The van der Waals surface area contributed by atoms with E-state index in [4.69, 9.17) is 9.31 Å². The molecule has 4 aromatic rings. The highest BCUT2D eigenvalue weighted by Crippen LogP contribution is 2.25. The van der Waals surface area contributed by atoms with Crippen molar-refractivity contribution in [3.63, 3.8) is 0 Å². The molecule has 0 aliphatic heterocycles. The van der Waals surface area contributed by atoms with Crippen LogP contribution in [0.5, 0.6) is 11.5 Å². The molecule has 2 aromatic carbocycles. The molecule has 4 rings (SSSR count). The van der Waals surface area contributed by atoms with Crippen LogP contribution < -0.4 is 9.31 Å². The predicted octanol–water partition coefficient (Wildman–Crippen LogP) is 3.51. The summed E-state index contributed by atoms with van der Waals surface area (Å²) in [5.41, 5.74) is 0. The van der Waals surface area contributed by atoms with Crippen LogP contribution in [0.3, 0.4) is 0 Å². The van der Waals surface area contributed by atoms with Crippen molar-refractivity contribution in [2.75, 3.05) is 0 Å². The summed E-state index contributed by atoms with van der Waals surface area (Å²) in [5, 5.41) is 4.11. The standard InChI is InChI=1S/C18H13BN2O2/c1-3-7-15-13(5-1)9-20-11-17(15)22-19-23-18-12-21-10-14-6-2-4-8-16(14)18/h1-12,19H. The lowest BCUT2D eigenvalue weighted by Gasteiger charge is -2.10. The summed E-state index contributed by atoms with van der Waals surface area (Å²) in [6.45, 7) is 0. The third-order valence-electron chi connectivity index (χ3n) is 3.69. The maximum atomic E-state index is 5.76. The van der Waals surface area contributed by atoms with E-state index >= 15 is 0 Å². The molecule has 0 saturated heterocycles. The minimum atomic E-state index is 0.103. The van der Waals surface area contributed by atoms with Crippen LogP contribution in [0.25, 0.3) is 21.5 Å². The molecule has 0 aliphatic rings. The van der Waals surface area contributed by atoms with Crippen molar-refractivity contribution in [3.05, 3.63) is 73.3 Å². The van der Waals surface area contributed by atoms with Gasteiger partial charge in [-0.25, -0.2) is 0 Å². The fraction of sp³-hybridized carbons (Fsp3) is 0. The number of benzene rings is 2. The molecule has 0 saturated carbocycles. The van der Waals surface area contributed by atoms with Crippen molar-refractivity contribution in [3.8, 4) is 11.5 Å². The van der Waals surface area contributed by atoms with E-state index in [9.17, 15) is 0 Å². The summed E-state index contributed by atoms with van der Waals surface area (Å²) in [6, 6.07) is 15.9.